The van der Waals surface area contributed by atoms with Gasteiger partial charge in [-0.15, -0.1) is 0 Å². The average molecular weight is 558 g/mol. The van der Waals surface area contributed by atoms with Crippen LogP contribution in [0.3, 0.4) is 0 Å². The Morgan fingerprint density at radius 1 is 1.08 bits per heavy atom. The Labute approximate surface area is 216 Å². The number of hydrogen-bond acceptors (Lipinski definition) is 6. The second-order valence-corrected chi connectivity index (χ2v) is 10.7. The Morgan fingerprint density at radius 2 is 1.68 bits per heavy atom. The van der Waals surface area contributed by atoms with Gasteiger partial charge in [0.25, 0.3) is 22.1 Å². The molecule has 1 amide bonds. The van der Waals surface area contributed by atoms with Gasteiger partial charge in [0.1, 0.15) is 6.61 Å². The van der Waals surface area contributed by atoms with E-state index in [1.54, 1.807) is 0 Å². The third-order valence-corrected chi connectivity index (χ3v) is 7.03. The van der Waals surface area contributed by atoms with Gasteiger partial charge in [0.15, 0.2) is 0 Å². The van der Waals surface area contributed by atoms with Crippen molar-refractivity contribution in [2.24, 2.45) is 34.5 Å². The highest BCUT2D eigenvalue weighted by Gasteiger charge is 2.50. The lowest BCUT2D eigenvalue weighted by molar-refractivity contribution is -0.137. The van der Waals surface area contributed by atoms with Gasteiger partial charge >= 0.3 is 6.09 Å². The zero-order valence-electron chi connectivity index (χ0n) is 20.3. The number of benzene rings is 1. The summed E-state index contributed by atoms with van der Waals surface area (Å²) in [6, 6.07) is 9.23. The Bertz CT molecular complexity index is 956. The molecule has 2 aliphatic heterocycles. The summed E-state index contributed by atoms with van der Waals surface area (Å²) in [6.07, 6.45) is -0.570. The number of ether oxygens (including phenoxy) is 1. The average Bonchev–Trinajstić information content (AvgIpc) is 2.80. The zero-order valence-corrected chi connectivity index (χ0v) is 21.1. The number of nitrogens with zero attached hydrogens (tertiary/aromatic N) is 1. The largest absolute Gasteiger partial charge is 0.445 e. The van der Waals surface area contributed by atoms with Gasteiger partial charge in [0, 0.05) is 57.0 Å². The molecule has 2 heterocycles. The quantitative estimate of drug-likeness (QED) is 0.396. The smallest absolute Gasteiger partial charge is 0.410 e. The van der Waals surface area contributed by atoms with Gasteiger partial charge in [-0.2, -0.15) is 8.42 Å². The van der Waals surface area contributed by atoms with E-state index in [2.05, 4.69) is 10.5 Å². The van der Waals surface area contributed by atoms with Gasteiger partial charge in [0.2, 0.25) is 0 Å². The lowest BCUT2D eigenvalue weighted by Crippen LogP contribution is -2.56. The molecule has 0 unspecified atom stereocenters. The van der Waals surface area contributed by atoms with E-state index >= 15 is 0 Å². The van der Waals surface area contributed by atoms with E-state index in [4.69, 9.17) is 10.5 Å². The van der Waals surface area contributed by atoms with Crippen molar-refractivity contribution >= 4 is 16.3 Å². The molecule has 37 heavy (non-hydrogen) atoms. The second kappa shape index (κ2) is 13.7. The number of nitrogens with one attached hydrogen (secondary N) is 2. The second-order valence-electron chi connectivity index (χ2n) is 9.28. The fourth-order valence-electron chi connectivity index (χ4n) is 4.08. The van der Waals surface area contributed by atoms with E-state index in [9.17, 15) is 30.8 Å². The maximum atomic E-state index is 13.9. The van der Waals surface area contributed by atoms with Gasteiger partial charge in [-0.25, -0.2) is 32.2 Å². The number of nitrogens with two attached hydrogens (primary N) is 2. The summed E-state index contributed by atoms with van der Waals surface area (Å²) in [6.45, 7) is 2.73. The molecule has 2 saturated heterocycles. The molecule has 0 saturated carbocycles. The number of piperidine rings is 2. The summed E-state index contributed by atoms with van der Waals surface area (Å²) < 4.78 is 83.0. The van der Waals surface area contributed by atoms with Crippen molar-refractivity contribution in [2.45, 2.75) is 39.7 Å². The van der Waals surface area contributed by atoms with Crippen molar-refractivity contribution in [3.8, 4) is 0 Å². The Hall–Kier alpha value is -2.00. The normalized spacial score (nSPS) is 26.8. The molecule has 3 rings (SSSR count). The van der Waals surface area contributed by atoms with Crippen LogP contribution in [-0.4, -0.2) is 70.5 Å². The van der Waals surface area contributed by atoms with Gasteiger partial charge in [0.05, 0.1) is 5.92 Å². The van der Waals surface area contributed by atoms with Crippen molar-refractivity contribution in [3.63, 3.8) is 0 Å². The van der Waals surface area contributed by atoms with Crippen molar-refractivity contribution in [2.75, 3.05) is 39.3 Å². The van der Waals surface area contributed by atoms with Crippen LogP contribution in [0.2, 0.25) is 0 Å². The van der Waals surface area contributed by atoms with Crippen molar-refractivity contribution in [1.29, 1.82) is 0 Å². The number of amides is 1. The summed E-state index contributed by atoms with van der Waals surface area (Å²) >= 11 is 0. The van der Waals surface area contributed by atoms with E-state index < -0.39 is 51.8 Å². The fraction of sp³-hybridized carbons (Fsp3) is 0.696. The minimum Gasteiger partial charge on any atom is -0.445 e. The maximum Gasteiger partial charge on any atom is 0.410 e. The standard InChI is InChI=1S/C15H20F2N2O2.C7H15F2N3O2S.CH4/c1-11-8-19(9-13(7-18)15(11,16)17)14(20)21-10-12-5-3-2-4-6-12;1-5-2-11-3-6(7(5,8)9)4-12-15(10,13)14;/h2-6,11,13H,7-10,18H2,1H3;5-6,11-12H,2-4H2,1H3,(H2,10,13,14);1H4/t11-,13+;5-,6-;/m00./s1. The van der Waals surface area contributed by atoms with Crippen molar-refractivity contribution in [1.82, 2.24) is 14.9 Å². The van der Waals surface area contributed by atoms with Crippen LogP contribution in [0.5, 0.6) is 0 Å². The first kappa shape index (κ1) is 33.0. The van der Waals surface area contributed by atoms with E-state index in [1.807, 2.05) is 35.1 Å². The van der Waals surface area contributed by atoms with Gasteiger partial charge in [-0.05, 0) is 5.56 Å². The number of alkyl halides is 4. The molecule has 0 spiro atoms. The number of carbonyl (C=O) groups is 1. The molecule has 6 N–H and O–H groups in total. The monoisotopic (exact) mass is 557 g/mol. The number of rotatable bonds is 6. The van der Waals surface area contributed by atoms with Crippen LogP contribution in [-0.2, 0) is 21.6 Å². The first-order valence-electron chi connectivity index (χ1n) is 11.6. The fourth-order valence-corrected chi connectivity index (χ4v) is 4.52. The van der Waals surface area contributed by atoms with E-state index in [1.165, 1.54) is 18.7 Å². The predicted molar refractivity (Wildman–Crippen MR) is 133 cm³/mol. The van der Waals surface area contributed by atoms with Crippen LogP contribution in [0.1, 0.15) is 26.8 Å². The molecule has 0 aromatic heterocycles. The maximum absolute atomic E-state index is 13.9. The molecule has 0 radical (unpaired) electrons. The third kappa shape index (κ3) is 9.36. The Balaban J connectivity index is 0.000000381. The minimum absolute atomic E-state index is 0. The van der Waals surface area contributed by atoms with Crippen molar-refractivity contribution in [3.05, 3.63) is 35.9 Å². The predicted octanol–water partition coefficient (Wildman–Crippen LogP) is 2.39. The number of carbonyl (C=O) groups excluding carboxylic acids is 1. The summed E-state index contributed by atoms with van der Waals surface area (Å²) in [7, 11) is -3.90. The molecule has 2 aliphatic rings. The highest BCUT2D eigenvalue weighted by molar-refractivity contribution is 7.87. The molecule has 2 fully saturated rings. The molecular weight excluding hydrogens is 518 g/mol. The number of hydrogen-bond donors (Lipinski definition) is 4. The van der Waals surface area contributed by atoms with Crippen LogP contribution in [0.4, 0.5) is 22.4 Å². The summed E-state index contributed by atoms with van der Waals surface area (Å²) in [5.41, 5.74) is 6.27. The van der Waals surface area contributed by atoms with E-state index in [0.29, 0.717) is 0 Å². The molecular formula is C23H39F4N5O4S. The first-order valence-corrected chi connectivity index (χ1v) is 13.1. The number of likely N-dealkylation sites (tertiary alicyclic amines) is 1. The Morgan fingerprint density at radius 3 is 2.24 bits per heavy atom. The SMILES string of the molecule is C.C[C@H]1CN(C(=O)OCc2ccccc2)C[C@@H](CN)C1(F)F.C[C@H]1CNC[C@@H](CNS(N)(=O)=O)C1(F)F. The van der Waals surface area contributed by atoms with E-state index in [0.717, 1.165) is 5.56 Å². The zero-order chi connectivity index (χ0) is 27.1. The molecule has 0 aliphatic carbocycles. The van der Waals surface area contributed by atoms with Gasteiger partial charge < -0.3 is 20.7 Å². The van der Waals surface area contributed by atoms with Gasteiger partial charge in [-0.1, -0.05) is 51.6 Å². The topological polar surface area (TPSA) is 140 Å². The van der Waals surface area contributed by atoms with Crippen LogP contribution in [0.15, 0.2) is 30.3 Å². The van der Waals surface area contributed by atoms with Crippen molar-refractivity contribution < 1.29 is 35.5 Å². The van der Waals surface area contributed by atoms with Gasteiger partial charge in [-0.3, -0.25) is 0 Å². The van der Waals surface area contributed by atoms with Crippen LogP contribution in [0, 0.1) is 23.7 Å². The lowest BCUT2D eigenvalue weighted by atomic mass is 9.86. The Kier molecular flexibility index (Phi) is 12.2. The lowest BCUT2D eigenvalue weighted by Gasteiger charge is -2.41. The third-order valence-electron chi connectivity index (χ3n) is 6.46. The molecule has 214 valence electrons. The summed E-state index contributed by atoms with van der Waals surface area (Å²) in [5.74, 6) is -9.53. The highest BCUT2D eigenvalue weighted by atomic mass is 32.2. The first-order chi connectivity index (χ1) is 16.7. The van der Waals surface area contributed by atoms with Crippen LogP contribution >= 0.6 is 0 Å². The number of halogens is 4. The molecule has 9 nitrogen and oxygen atoms in total. The molecule has 4 atom stereocenters. The van der Waals surface area contributed by atoms with E-state index in [-0.39, 0.29) is 53.3 Å². The minimum atomic E-state index is -3.90. The molecule has 14 heteroatoms. The van der Waals surface area contributed by atoms with Crippen LogP contribution in [0.25, 0.3) is 0 Å². The summed E-state index contributed by atoms with van der Waals surface area (Å²) in [5, 5.41) is 7.49. The summed E-state index contributed by atoms with van der Waals surface area (Å²) in [4.78, 5) is 13.3. The highest BCUT2D eigenvalue weighted by Crippen LogP contribution is 2.37. The molecule has 1 aromatic carbocycles. The molecule has 1 aromatic rings. The molecule has 0 bridgehead atoms. The van der Waals surface area contributed by atoms with Crippen LogP contribution < -0.4 is 20.9 Å².